The maximum absolute atomic E-state index is 12.9. The third-order valence-electron chi connectivity index (χ3n) is 5.21. The Morgan fingerprint density at radius 2 is 1.84 bits per heavy atom. The van der Waals surface area contributed by atoms with E-state index in [1.54, 1.807) is 12.1 Å². The van der Waals surface area contributed by atoms with Crippen molar-refractivity contribution in [2.24, 2.45) is 5.73 Å². The Labute approximate surface area is 177 Å². The molecule has 1 fully saturated rings. The van der Waals surface area contributed by atoms with Gasteiger partial charge in [0, 0.05) is 49.5 Å². The predicted octanol–water partition coefficient (Wildman–Crippen LogP) is 1.61. The Morgan fingerprint density at radius 3 is 2.52 bits per heavy atom. The number of hydrogen-bond acceptors (Lipinski definition) is 6. The Bertz CT molecular complexity index is 1130. The van der Waals surface area contributed by atoms with E-state index in [-0.39, 0.29) is 18.7 Å². The SMILES string of the molecule is NCC(Cn1ncn(-c2cccc(-c3ccc(N4CCNCC4)cc3)n2)c1=O)=C(F)F. The highest BCUT2D eigenvalue weighted by molar-refractivity contribution is 5.64. The molecule has 2 aromatic heterocycles. The third kappa shape index (κ3) is 4.54. The van der Waals surface area contributed by atoms with Crippen LogP contribution in [0.15, 0.2) is 65.2 Å². The molecule has 10 heteroatoms. The van der Waals surface area contributed by atoms with Crippen LogP contribution in [0.4, 0.5) is 14.5 Å². The molecule has 4 rings (SSSR count). The molecule has 1 aliphatic heterocycles. The molecule has 0 unspecified atom stereocenters. The van der Waals surface area contributed by atoms with Gasteiger partial charge in [-0.2, -0.15) is 13.9 Å². The van der Waals surface area contributed by atoms with Gasteiger partial charge < -0.3 is 16.0 Å². The zero-order valence-corrected chi connectivity index (χ0v) is 16.8. The summed E-state index contributed by atoms with van der Waals surface area (Å²) in [7, 11) is 0. The number of nitrogens with two attached hydrogens (primary N) is 1. The van der Waals surface area contributed by atoms with Crippen molar-refractivity contribution in [2.75, 3.05) is 37.6 Å². The minimum absolute atomic E-state index is 0.335. The molecule has 0 amide bonds. The van der Waals surface area contributed by atoms with Crippen molar-refractivity contribution in [1.29, 1.82) is 0 Å². The molecule has 0 bridgehead atoms. The summed E-state index contributed by atoms with van der Waals surface area (Å²) < 4.78 is 27.9. The summed E-state index contributed by atoms with van der Waals surface area (Å²) >= 11 is 0. The van der Waals surface area contributed by atoms with E-state index in [4.69, 9.17) is 5.73 Å². The van der Waals surface area contributed by atoms with E-state index in [9.17, 15) is 13.6 Å². The first-order chi connectivity index (χ1) is 15.1. The Kier molecular flexibility index (Phi) is 6.19. The topological polar surface area (TPSA) is 94.0 Å². The van der Waals surface area contributed by atoms with Gasteiger partial charge in [0.05, 0.1) is 12.2 Å². The van der Waals surface area contributed by atoms with Crippen LogP contribution in [0.1, 0.15) is 0 Å². The van der Waals surface area contributed by atoms with E-state index in [2.05, 4.69) is 32.4 Å². The zero-order valence-electron chi connectivity index (χ0n) is 16.8. The second kappa shape index (κ2) is 9.19. The predicted molar refractivity (Wildman–Crippen MR) is 114 cm³/mol. The molecule has 31 heavy (non-hydrogen) atoms. The lowest BCUT2D eigenvalue weighted by Crippen LogP contribution is -2.43. The maximum atomic E-state index is 12.9. The van der Waals surface area contributed by atoms with Crippen LogP contribution in [0.25, 0.3) is 17.1 Å². The third-order valence-corrected chi connectivity index (χ3v) is 5.21. The van der Waals surface area contributed by atoms with Gasteiger partial charge in [-0.05, 0) is 24.3 Å². The van der Waals surface area contributed by atoms with Crippen LogP contribution in [0.3, 0.4) is 0 Å². The normalized spacial score (nSPS) is 14.0. The molecule has 0 saturated carbocycles. The number of piperazine rings is 1. The summed E-state index contributed by atoms with van der Waals surface area (Å²) in [5.41, 5.74) is 7.19. The molecular weight excluding hydrogens is 404 g/mol. The van der Waals surface area contributed by atoms with Gasteiger partial charge in [-0.1, -0.05) is 18.2 Å². The molecule has 3 aromatic rings. The summed E-state index contributed by atoms with van der Waals surface area (Å²) in [6, 6.07) is 13.4. The second-order valence-electron chi connectivity index (χ2n) is 7.17. The number of anilines is 1. The summed E-state index contributed by atoms with van der Waals surface area (Å²) in [4.78, 5) is 19.5. The molecule has 1 saturated heterocycles. The standard InChI is InChI=1S/C21H23F2N7O/c22-20(23)16(12-24)13-30-21(31)29(14-26-30)19-3-1-2-18(27-19)15-4-6-17(7-5-15)28-10-8-25-9-11-28/h1-7,14,25H,8-13,24H2. The maximum Gasteiger partial charge on any atom is 0.351 e. The van der Waals surface area contributed by atoms with Gasteiger partial charge in [0.25, 0.3) is 6.08 Å². The zero-order chi connectivity index (χ0) is 21.8. The number of nitrogens with zero attached hydrogens (tertiary/aromatic N) is 5. The fraction of sp³-hybridized carbons (Fsp3) is 0.286. The fourth-order valence-corrected chi connectivity index (χ4v) is 3.47. The molecule has 8 nitrogen and oxygen atoms in total. The molecule has 0 atom stereocenters. The highest BCUT2D eigenvalue weighted by atomic mass is 19.3. The fourth-order valence-electron chi connectivity index (χ4n) is 3.47. The summed E-state index contributed by atoms with van der Waals surface area (Å²) in [6.45, 7) is 3.15. The first-order valence-electron chi connectivity index (χ1n) is 9.98. The molecule has 3 heterocycles. The van der Waals surface area contributed by atoms with E-state index in [1.807, 2.05) is 18.2 Å². The van der Waals surface area contributed by atoms with Crippen LogP contribution < -0.4 is 21.6 Å². The minimum atomic E-state index is -1.90. The summed E-state index contributed by atoms with van der Waals surface area (Å²) in [6.07, 6.45) is -0.625. The van der Waals surface area contributed by atoms with E-state index in [0.717, 1.165) is 42.1 Å². The first kappa shape index (κ1) is 20.9. The molecule has 0 spiro atoms. The molecule has 0 radical (unpaired) electrons. The Balaban J connectivity index is 1.58. The number of pyridine rings is 1. The van der Waals surface area contributed by atoms with Crippen LogP contribution in [0, 0.1) is 0 Å². The highest BCUT2D eigenvalue weighted by Gasteiger charge is 2.14. The number of aromatic nitrogens is 4. The van der Waals surface area contributed by atoms with Gasteiger partial charge in [-0.25, -0.2) is 19.0 Å². The molecule has 0 aliphatic carbocycles. The minimum Gasteiger partial charge on any atom is -0.369 e. The number of rotatable bonds is 6. The van der Waals surface area contributed by atoms with Gasteiger partial charge >= 0.3 is 5.69 Å². The van der Waals surface area contributed by atoms with Gasteiger partial charge in [0.1, 0.15) is 12.1 Å². The van der Waals surface area contributed by atoms with Crippen molar-refractivity contribution in [1.82, 2.24) is 24.6 Å². The Morgan fingerprint density at radius 1 is 1.10 bits per heavy atom. The van der Waals surface area contributed by atoms with E-state index in [1.165, 1.54) is 10.9 Å². The molecular formula is C21H23F2N7O. The Hall–Kier alpha value is -3.37. The molecule has 1 aliphatic rings. The lowest BCUT2D eigenvalue weighted by Gasteiger charge is -2.29. The van der Waals surface area contributed by atoms with Crippen LogP contribution in [0.2, 0.25) is 0 Å². The average molecular weight is 427 g/mol. The summed E-state index contributed by atoms with van der Waals surface area (Å²) in [5, 5.41) is 7.26. The van der Waals surface area contributed by atoms with Crippen molar-refractivity contribution in [3.63, 3.8) is 0 Å². The average Bonchev–Trinajstić information content (AvgIpc) is 3.18. The van der Waals surface area contributed by atoms with Gasteiger partial charge in [0.2, 0.25) is 0 Å². The molecule has 1 aromatic carbocycles. The van der Waals surface area contributed by atoms with Crippen molar-refractivity contribution in [2.45, 2.75) is 6.54 Å². The van der Waals surface area contributed by atoms with Gasteiger partial charge in [-0.15, -0.1) is 0 Å². The lowest BCUT2D eigenvalue weighted by atomic mass is 10.1. The second-order valence-corrected chi connectivity index (χ2v) is 7.17. The molecule has 3 N–H and O–H groups in total. The van der Waals surface area contributed by atoms with Crippen molar-refractivity contribution in [3.8, 4) is 17.1 Å². The lowest BCUT2D eigenvalue weighted by molar-refractivity contribution is 0.400. The van der Waals surface area contributed by atoms with Crippen molar-refractivity contribution in [3.05, 3.63) is 70.9 Å². The molecule has 162 valence electrons. The van der Waals surface area contributed by atoms with Gasteiger partial charge in [-0.3, -0.25) is 0 Å². The first-order valence-corrected chi connectivity index (χ1v) is 9.98. The van der Waals surface area contributed by atoms with Gasteiger partial charge in [0.15, 0.2) is 0 Å². The van der Waals surface area contributed by atoms with E-state index >= 15 is 0 Å². The van der Waals surface area contributed by atoms with Crippen LogP contribution in [-0.4, -0.2) is 52.1 Å². The largest absolute Gasteiger partial charge is 0.369 e. The van der Waals surface area contributed by atoms with Crippen molar-refractivity contribution < 1.29 is 8.78 Å². The van der Waals surface area contributed by atoms with Crippen LogP contribution in [-0.2, 0) is 6.54 Å². The number of hydrogen-bond donors (Lipinski definition) is 2. The number of benzene rings is 1. The van der Waals surface area contributed by atoms with Crippen LogP contribution in [0.5, 0.6) is 0 Å². The van der Waals surface area contributed by atoms with Crippen molar-refractivity contribution >= 4 is 5.69 Å². The number of halogens is 2. The van der Waals surface area contributed by atoms with E-state index < -0.39 is 11.8 Å². The smallest absolute Gasteiger partial charge is 0.351 e. The highest BCUT2D eigenvalue weighted by Crippen LogP contribution is 2.23. The van der Waals surface area contributed by atoms with Crippen LogP contribution >= 0.6 is 0 Å². The summed E-state index contributed by atoms with van der Waals surface area (Å²) in [5.74, 6) is 0.360. The number of nitrogens with one attached hydrogen (secondary N) is 1. The van der Waals surface area contributed by atoms with E-state index in [0.29, 0.717) is 11.5 Å². The quantitative estimate of drug-likeness (QED) is 0.621. The monoisotopic (exact) mass is 427 g/mol.